The number of carbonyl (C=O) groups is 1. The van der Waals surface area contributed by atoms with Crippen molar-refractivity contribution in [2.24, 2.45) is 0 Å². The molecule has 0 aliphatic carbocycles. The van der Waals surface area contributed by atoms with Crippen molar-refractivity contribution in [2.75, 3.05) is 38.2 Å². The Kier molecular flexibility index (Phi) is 4.24. The minimum absolute atomic E-state index is 0.0493. The Bertz CT molecular complexity index is 584. The van der Waals surface area contributed by atoms with Crippen molar-refractivity contribution in [1.82, 2.24) is 9.80 Å². The highest BCUT2D eigenvalue weighted by molar-refractivity contribution is 6.01. The maximum atomic E-state index is 12.5. The summed E-state index contributed by atoms with van der Waals surface area (Å²) in [6, 6.07) is 4.38. The number of likely N-dealkylation sites (tertiary alicyclic amines) is 1. The lowest BCUT2D eigenvalue weighted by molar-refractivity contribution is -0.384. The van der Waals surface area contributed by atoms with Crippen LogP contribution in [0.15, 0.2) is 18.2 Å². The highest BCUT2D eigenvalue weighted by Crippen LogP contribution is 2.26. The van der Waals surface area contributed by atoms with Gasteiger partial charge in [0.15, 0.2) is 0 Å². The fourth-order valence-corrected chi connectivity index (χ4v) is 3.03. The highest BCUT2D eigenvalue weighted by Gasteiger charge is 2.26. The van der Waals surface area contributed by atoms with Gasteiger partial charge in [0.05, 0.1) is 17.2 Å². The molecule has 7 heteroatoms. The predicted octanol–water partition coefficient (Wildman–Crippen LogP) is 1.91. The lowest BCUT2D eigenvalue weighted by Crippen LogP contribution is -2.45. The third kappa shape index (κ3) is 3.04. The molecule has 0 bridgehead atoms. The quantitative estimate of drug-likeness (QED) is 0.679. The first kappa shape index (κ1) is 14.8. The van der Waals surface area contributed by atoms with Gasteiger partial charge in [-0.15, -0.1) is 0 Å². The molecular formula is C15H20N4O3. The van der Waals surface area contributed by atoms with Crippen LogP contribution in [-0.2, 0) is 0 Å². The molecule has 118 valence electrons. The summed E-state index contributed by atoms with van der Waals surface area (Å²) in [6.45, 7) is 4.15. The van der Waals surface area contributed by atoms with Crippen LogP contribution in [0.4, 0.5) is 11.4 Å². The number of nitrogens with zero attached hydrogens (tertiary/aromatic N) is 3. The van der Waals surface area contributed by atoms with Crippen molar-refractivity contribution in [3.63, 3.8) is 0 Å². The number of rotatable bonds is 4. The average Bonchev–Trinajstić information content (AvgIpc) is 2.55. The molecule has 0 radical (unpaired) electrons. The van der Waals surface area contributed by atoms with Gasteiger partial charge >= 0.3 is 0 Å². The van der Waals surface area contributed by atoms with E-state index in [-0.39, 0.29) is 11.6 Å². The van der Waals surface area contributed by atoms with Crippen LogP contribution in [0.25, 0.3) is 0 Å². The molecule has 0 aromatic heterocycles. The van der Waals surface area contributed by atoms with Crippen LogP contribution < -0.4 is 5.32 Å². The van der Waals surface area contributed by atoms with Gasteiger partial charge in [0, 0.05) is 30.9 Å². The first-order valence-electron chi connectivity index (χ1n) is 7.69. The summed E-state index contributed by atoms with van der Waals surface area (Å²) in [5, 5.41) is 14.0. The standard InChI is InChI=1S/C15H20N4O3/c20-15-13-10-12(19(21)22)4-5-14(13)16-11-18(15)9-8-17-6-2-1-3-7-17/h4-5,10,16H,1-3,6-9,11H2. The third-order valence-corrected chi connectivity index (χ3v) is 4.33. The van der Waals surface area contributed by atoms with Gasteiger partial charge in [0.2, 0.25) is 0 Å². The largest absolute Gasteiger partial charge is 0.367 e. The van der Waals surface area contributed by atoms with Crippen molar-refractivity contribution in [3.8, 4) is 0 Å². The molecule has 1 fully saturated rings. The first-order valence-corrected chi connectivity index (χ1v) is 7.69. The molecule has 2 heterocycles. The zero-order valence-corrected chi connectivity index (χ0v) is 12.5. The van der Waals surface area contributed by atoms with E-state index in [2.05, 4.69) is 10.2 Å². The second-order valence-corrected chi connectivity index (χ2v) is 5.79. The summed E-state index contributed by atoms with van der Waals surface area (Å²) < 4.78 is 0. The molecule has 0 saturated carbocycles. The van der Waals surface area contributed by atoms with Gasteiger partial charge in [-0.1, -0.05) is 6.42 Å². The number of nitro benzene ring substituents is 1. The Morgan fingerprint density at radius 2 is 1.95 bits per heavy atom. The van der Waals surface area contributed by atoms with Gasteiger partial charge in [-0.2, -0.15) is 0 Å². The van der Waals surface area contributed by atoms with Crippen LogP contribution in [0.3, 0.4) is 0 Å². The van der Waals surface area contributed by atoms with E-state index >= 15 is 0 Å². The number of nitro groups is 1. The van der Waals surface area contributed by atoms with Crippen molar-refractivity contribution >= 4 is 17.3 Å². The monoisotopic (exact) mass is 304 g/mol. The van der Waals surface area contributed by atoms with Gasteiger partial charge < -0.3 is 15.1 Å². The van der Waals surface area contributed by atoms with E-state index in [0.29, 0.717) is 24.5 Å². The molecule has 2 aliphatic heterocycles. The Labute approximate surface area is 129 Å². The van der Waals surface area contributed by atoms with E-state index < -0.39 is 4.92 Å². The minimum Gasteiger partial charge on any atom is -0.367 e. The summed E-state index contributed by atoms with van der Waals surface area (Å²) in [7, 11) is 0. The molecule has 1 amide bonds. The summed E-state index contributed by atoms with van der Waals surface area (Å²) in [4.78, 5) is 27.0. The van der Waals surface area contributed by atoms with E-state index in [1.54, 1.807) is 11.0 Å². The highest BCUT2D eigenvalue weighted by atomic mass is 16.6. The number of amides is 1. The number of anilines is 1. The van der Waals surface area contributed by atoms with Gasteiger partial charge in [-0.3, -0.25) is 14.9 Å². The number of carbonyl (C=O) groups excluding carboxylic acids is 1. The Balaban J connectivity index is 1.67. The van der Waals surface area contributed by atoms with Crippen molar-refractivity contribution in [2.45, 2.75) is 19.3 Å². The number of fused-ring (bicyclic) bond motifs is 1. The lowest BCUT2D eigenvalue weighted by atomic mass is 10.1. The fourth-order valence-electron chi connectivity index (χ4n) is 3.03. The number of benzene rings is 1. The third-order valence-electron chi connectivity index (χ3n) is 4.33. The minimum atomic E-state index is -0.472. The smallest absolute Gasteiger partial charge is 0.270 e. The molecule has 0 atom stereocenters. The van der Waals surface area contributed by atoms with Crippen LogP contribution in [-0.4, -0.2) is 53.5 Å². The molecule has 1 aromatic rings. The van der Waals surface area contributed by atoms with Crippen LogP contribution in [0.5, 0.6) is 0 Å². The molecular weight excluding hydrogens is 284 g/mol. The van der Waals surface area contributed by atoms with E-state index in [4.69, 9.17) is 0 Å². The summed E-state index contributed by atoms with van der Waals surface area (Å²) in [5.41, 5.74) is 1.01. The van der Waals surface area contributed by atoms with E-state index in [1.807, 2.05) is 0 Å². The molecule has 0 spiro atoms. The molecule has 3 rings (SSSR count). The maximum Gasteiger partial charge on any atom is 0.270 e. The van der Waals surface area contributed by atoms with E-state index in [1.165, 1.54) is 31.4 Å². The van der Waals surface area contributed by atoms with Crippen LogP contribution >= 0.6 is 0 Å². The summed E-state index contributed by atoms with van der Waals surface area (Å²) >= 11 is 0. The Morgan fingerprint density at radius 1 is 1.18 bits per heavy atom. The maximum absolute atomic E-state index is 12.5. The van der Waals surface area contributed by atoms with Crippen molar-refractivity contribution in [3.05, 3.63) is 33.9 Å². The SMILES string of the molecule is O=C1c2cc([N+](=O)[O-])ccc2NCN1CCN1CCCCC1. The zero-order valence-electron chi connectivity index (χ0n) is 12.5. The summed E-state index contributed by atoms with van der Waals surface area (Å²) in [6.07, 6.45) is 3.74. The predicted molar refractivity (Wildman–Crippen MR) is 82.9 cm³/mol. The number of piperidine rings is 1. The molecule has 0 unspecified atom stereocenters. The number of hydrogen-bond donors (Lipinski definition) is 1. The Morgan fingerprint density at radius 3 is 2.68 bits per heavy atom. The van der Waals surface area contributed by atoms with Gasteiger partial charge in [-0.05, 0) is 32.0 Å². The molecule has 7 nitrogen and oxygen atoms in total. The normalized spacial score (nSPS) is 18.7. The van der Waals surface area contributed by atoms with Crippen LogP contribution in [0.2, 0.25) is 0 Å². The lowest BCUT2D eigenvalue weighted by Gasteiger charge is -2.33. The van der Waals surface area contributed by atoms with Gasteiger partial charge in [0.1, 0.15) is 0 Å². The molecule has 1 aromatic carbocycles. The van der Waals surface area contributed by atoms with Crippen LogP contribution in [0, 0.1) is 10.1 Å². The van der Waals surface area contributed by atoms with Gasteiger partial charge in [-0.25, -0.2) is 0 Å². The van der Waals surface area contributed by atoms with E-state index in [0.717, 1.165) is 19.6 Å². The van der Waals surface area contributed by atoms with Crippen molar-refractivity contribution < 1.29 is 9.72 Å². The molecule has 1 saturated heterocycles. The van der Waals surface area contributed by atoms with Gasteiger partial charge in [0.25, 0.3) is 11.6 Å². The van der Waals surface area contributed by atoms with Crippen LogP contribution in [0.1, 0.15) is 29.6 Å². The average molecular weight is 304 g/mol. The van der Waals surface area contributed by atoms with E-state index in [9.17, 15) is 14.9 Å². The Hall–Kier alpha value is -2.15. The molecule has 1 N–H and O–H groups in total. The number of hydrogen-bond acceptors (Lipinski definition) is 5. The first-order chi connectivity index (χ1) is 10.6. The number of nitrogens with one attached hydrogen (secondary N) is 1. The zero-order chi connectivity index (χ0) is 15.5. The topological polar surface area (TPSA) is 78.7 Å². The second-order valence-electron chi connectivity index (χ2n) is 5.79. The van der Waals surface area contributed by atoms with Crippen molar-refractivity contribution in [1.29, 1.82) is 0 Å². The second kappa shape index (κ2) is 6.31. The number of non-ortho nitro benzene ring substituents is 1. The molecule has 2 aliphatic rings. The molecule has 22 heavy (non-hydrogen) atoms. The fraction of sp³-hybridized carbons (Fsp3) is 0.533. The summed E-state index contributed by atoms with van der Waals surface area (Å²) in [5.74, 6) is -0.130.